The van der Waals surface area contributed by atoms with Crippen molar-refractivity contribution in [2.45, 2.75) is 45.6 Å². The molecule has 0 radical (unpaired) electrons. The number of aromatic nitrogens is 2. The first-order valence-corrected chi connectivity index (χ1v) is 9.97. The first-order chi connectivity index (χ1) is 12.3. The molecule has 4 heterocycles. The number of anilines is 1. The van der Waals surface area contributed by atoms with Gasteiger partial charge in [-0.15, -0.1) is 0 Å². The number of aryl methyl sites for hydroxylation is 1. The van der Waals surface area contributed by atoms with Crippen molar-refractivity contribution in [2.24, 2.45) is 10.8 Å². The second kappa shape index (κ2) is 6.43. The summed E-state index contributed by atoms with van der Waals surface area (Å²) in [5.41, 5.74) is 0.903. The van der Waals surface area contributed by atoms with E-state index in [1.807, 2.05) is 6.92 Å². The fourth-order valence-electron chi connectivity index (χ4n) is 5.72. The molecule has 4 rings (SSSR count). The predicted octanol–water partition coefficient (Wildman–Crippen LogP) is 1.39. The Morgan fingerprint density at radius 1 is 1.15 bits per heavy atom. The maximum atomic E-state index is 11.0. The van der Waals surface area contributed by atoms with E-state index in [-0.39, 0.29) is 16.9 Å². The Kier molecular flexibility index (Phi) is 4.48. The number of hydrogen-bond donors (Lipinski definition) is 2. The maximum Gasteiger partial charge on any atom is 0.132 e. The molecular formula is C20H33N5O. The summed E-state index contributed by atoms with van der Waals surface area (Å²) >= 11 is 0. The third-order valence-corrected chi connectivity index (χ3v) is 6.57. The second-order valence-electron chi connectivity index (χ2n) is 9.48. The van der Waals surface area contributed by atoms with Crippen LogP contribution in [0.15, 0.2) is 6.07 Å². The summed E-state index contributed by atoms with van der Waals surface area (Å²) < 4.78 is 0. The van der Waals surface area contributed by atoms with Crippen molar-refractivity contribution >= 4 is 5.82 Å². The van der Waals surface area contributed by atoms with Crippen LogP contribution in [0.2, 0.25) is 0 Å². The highest BCUT2D eigenvalue weighted by atomic mass is 16.3. The molecule has 1 aromatic heterocycles. The summed E-state index contributed by atoms with van der Waals surface area (Å²) in [6, 6.07) is 2.20. The van der Waals surface area contributed by atoms with Crippen molar-refractivity contribution in [1.82, 2.24) is 20.2 Å². The van der Waals surface area contributed by atoms with Crippen LogP contribution < -0.4 is 10.2 Å². The lowest BCUT2D eigenvalue weighted by atomic mass is 9.63. The molecule has 2 bridgehead atoms. The number of hydrogen-bond acceptors (Lipinski definition) is 6. The van der Waals surface area contributed by atoms with Gasteiger partial charge in [0, 0.05) is 55.5 Å². The molecule has 2 N–H and O–H groups in total. The van der Waals surface area contributed by atoms with Crippen LogP contribution in [-0.2, 0) is 0 Å². The van der Waals surface area contributed by atoms with Crippen LogP contribution in [-0.4, -0.2) is 72.4 Å². The molecule has 26 heavy (non-hydrogen) atoms. The molecule has 0 aliphatic carbocycles. The molecule has 1 unspecified atom stereocenters. The van der Waals surface area contributed by atoms with Crippen LogP contribution in [0.1, 0.15) is 44.1 Å². The quantitative estimate of drug-likeness (QED) is 0.832. The fraction of sp³-hybridized carbons (Fsp3) is 0.800. The van der Waals surface area contributed by atoms with Crippen molar-refractivity contribution in [2.75, 3.05) is 51.2 Å². The van der Waals surface area contributed by atoms with Gasteiger partial charge in [0.1, 0.15) is 11.6 Å². The number of nitrogens with one attached hydrogen (secondary N) is 1. The number of likely N-dealkylation sites (tertiary alicyclic amines) is 1. The predicted molar refractivity (Wildman–Crippen MR) is 104 cm³/mol. The zero-order valence-corrected chi connectivity index (χ0v) is 16.6. The van der Waals surface area contributed by atoms with E-state index in [0.717, 1.165) is 50.9 Å². The highest BCUT2D eigenvalue weighted by Gasteiger charge is 2.55. The first kappa shape index (κ1) is 18.1. The molecule has 4 atom stereocenters. The SMILES string of the molecule is Cc1nc([C@H]2CCCNC2)cc(N2C[C@]3(C)CN(C)C[C@](C)(C2)C3O)n1. The van der Waals surface area contributed by atoms with Gasteiger partial charge in [-0.1, -0.05) is 13.8 Å². The standard InChI is InChI=1S/C20H33N5O/c1-14-22-16(15-6-5-7-21-9-15)8-17(23-14)25-12-19(2)10-24(4)11-20(3,13-25)18(19)26/h8,15,18,21,26H,5-7,9-13H2,1-4H3/t15-,18?,19-,20+/m0/s1. The van der Waals surface area contributed by atoms with Crippen LogP contribution in [0.3, 0.4) is 0 Å². The van der Waals surface area contributed by atoms with E-state index in [9.17, 15) is 5.11 Å². The topological polar surface area (TPSA) is 64.5 Å². The van der Waals surface area contributed by atoms with Crippen molar-refractivity contribution in [1.29, 1.82) is 0 Å². The second-order valence-corrected chi connectivity index (χ2v) is 9.48. The minimum atomic E-state index is -0.271. The molecule has 0 aromatic carbocycles. The van der Waals surface area contributed by atoms with Gasteiger partial charge in [0.05, 0.1) is 11.8 Å². The molecule has 1 aromatic rings. The zero-order chi connectivity index (χ0) is 18.5. The third kappa shape index (κ3) is 3.12. The molecule has 3 aliphatic rings. The monoisotopic (exact) mass is 359 g/mol. The Morgan fingerprint density at radius 3 is 2.46 bits per heavy atom. The number of aliphatic hydroxyl groups excluding tert-OH is 1. The minimum Gasteiger partial charge on any atom is -0.392 e. The molecule has 0 spiro atoms. The lowest BCUT2D eigenvalue weighted by molar-refractivity contribution is -0.127. The lowest BCUT2D eigenvalue weighted by Gasteiger charge is -2.59. The van der Waals surface area contributed by atoms with Crippen molar-refractivity contribution in [3.05, 3.63) is 17.6 Å². The first-order valence-electron chi connectivity index (χ1n) is 9.97. The molecule has 6 nitrogen and oxygen atoms in total. The van der Waals surface area contributed by atoms with Gasteiger partial charge in [-0.2, -0.15) is 0 Å². The molecule has 0 amide bonds. The lowest BCUT2D eigenvalue weighted by Crippen LogP contribution is -2.69. The van der Waals surface area contributed by atoms with Gasteiger partial charge in [-0.3, -0.25) is 0 Å². The molecule has 6 heteroatoms. The van der Waals surface area contributed by atoms with E-state index in [1.54, 1.807) is 0 Å². The van der Waals surface area contributed by atoms with Crippen LogP contribution in [0.4, 0.5) is 5.82 Å². The maximum absolute atomic E-state index is 11.0. The van der Waals surface area contributed by atoms with E-state index in [0.29, 0.717) is 5.92 Å². The summed E-state index contributed by atoms with van der Waals surface area (Å²) in [6.45, 7) is 12.1. The Bertz CT molecular complexity index is 654. The number of fused-ring (bicyclic) bond motifs is 2. The molecule has 3 fully saturated rings. The van der Waals surface area contributed by atoms with Gasteiger partial charge in [0.2, 0.25) is 0 Å². The highest BCUT2D eigenvalue weighted by Crippen LogP contribution is 2.46. The summed E-state index contributed by atoms with van der Waals surface area (Å²) in [5, 5.41) is 14.5. The smallest absolute Gasteiger partial charge is 0.132 e. The van der Waals surface area contributed by atoms with Gasteiger partial charge < -0.3 is 20.2 Å². The van der Waals surface area contributed by atoms with Crippen LogP contribution >= 0.6 is 0 Å². The minimum absolute atomic E-state index is 0.134. The van der Waals surface area contributed by atoms with Gasteiger partial charge in [0.25, 0.3) is 0 Å². The fourth-order valence-corrected chi connectivity index (χ4v) is 5.72. The van der Waals surface area contributed by atoms with E-state index in [4.69, 9.17) is 9.97 Å². The Labute approximate surface area is 157 Å². The van der Waals surface area contributed by atoms with Gasteiger partial charge in [-0.25, -0.2) is 9.97 Å². The van der Waals surface area contributed by atoms with Crippen molar-refractivity contribution < 1.29 is 5.11 Å². The van der Waals surface area contributed by atoms with Gasteiger partial charge in [-0.05, 0) is 33.4 Å². The van der Waals surface area contributed by atoms with E-state index in [1.165, 1.54) is 18.5 Å². The number of nitrogens with zero attached hydrogens (tertiary/aromatic N) is 4. The number of piperidine rings is 3. The molecule has 144 valence electrons. The van der Waals surface area contributed by atoms with E-state index >= 15 is 0 Å². The average Bonchev–Trinajstić information content (AvgIpc) is 2.58. The Hall–Kier alpha value is -1.24. The highest BCUT2D eigenvalue weighted by molar-refractivity contribution is 5.43. The Morgan fingerprint density at radius 2 is 1.85 bits per heavy atom. The zero-order valence-electron chi connectivity index (χ0n) is 16.6. The average molecular weight is 360 g/mol. The van der Waals surface area contributed by atoms with Crippen molar-refractivity contribution in [3.63, 3.8) is 0 Å². The number of rotatable bonds is 2. The van der Waals surface area contributed by atoms with E-state index < -0.39 is 0 Å². The normalized spacial score (nSPS) is 38.4. The summed E-state index contributed by atoms with van der Waals surface area (Å²) in [7, 11) is 2.17. The van der Waals surface area contributed by atoms with Crippen LogP contribution in [0.5, 0.6) is 0 Å². The van der Waals surface area contributed by atoms with Crippen LogP contribution in [0, 0.1) is 17.8 Å². The van der Waals surface area contributed by atoms with E-state index in [2.05, 4.69) is 42.1 Å². The van der Waals surface area contributed by atoms with Crippen molar-refractivity contribution in [3.8, 4) is 0 Å². The largest absolute Gasteiger partial charge is 0.392 e. The molecular weight excluding hydrogens is 326 g/mol. The van der Waals surface area contributed by atoms with Gasteiger partial charge in [0.15, 0.2) is 0 Å². The van der Waals surface area contributed by atoms with Crippen LogP contribution in [0.25, 0.3) is 0 Å². The van der Waals surface area contributed by atoms with Gasteiger partial charge >= 0.3 is 0 Å². The summed E-state index contributed by atoms with van der Waals surface area (Å²) in [4.78, 5) is 14.3. The molecule has 3 saturated heterocycles. The molecule has 0 saturated carbocycles. The third-order valence-electron chi connectivity index (χ3n) is 6.57. The summed E-state index contributed by atoms with van der Waals surface area (Å²) in [6.07, 6.45) is 2.14. The molecule has 3 aliphatic heterocycles. The number of aliphatic hydroxyl groups is 1. The summed E-state index contributed by atoms with van der Waals surface area (Å²) in [5.74, 6) is 2.37. The Balaban J connectivity index is 1.64.